The zero-order chi connectivity index (χ0) is 9.40. The van der Waals surface area contributed by atoms with Gasteiger partial charge in [0.1, 0.15) is 0 Å². The summed E-state index contributed by atoms with van der Waals surface area (Å²) < 4.78 is 0.954. The summed E-state index contributed by atoms with van der Waals surface area (Å²) in [6.45, 7) is 0. The molecule has 0 aliphatic carbocycles. The predicted octanol–water partition coefficient (Wildman–Crippen LogP) is 1.49. The SMILES string of the molecule is [Li][CH2]CC[CH]([Li])C([CH2][Li])C[CH2][Li]. The van der Waals surface area contributed by atoms with Gasteiger partial charge in [0.25, 0.3) is 0 Å². The Kier molecular flexibility index (Phi) is 11.9. The molecule has 0 rings (SSSR count). The molecule has 0 fully saturated rings. The molecule has 0 aromatic heterocycles. The van der Waals surface area contributed by atoms with Gasteiger partial charge in [-0.1, -0.05) is 0 Å². The molecule has 2 unspecified atom stereocenters. The van der Waals surface area contributed by atoms with Crippen LogP contribution in [0.4, 0.5) is 0 Å². The Morgan fingerprint density at radius 3 is 2.00 bits per heavy atom. The molecule has 0 N–H and O–H groups in total. The molecule has 0 saturated carbocycles. The van der Waals surface area contributed by atoms with Gasteiger partial charge in [0.2, 0.25) is 0 Å². The zero-order valence-electron chi connectivity index (χ0n) is 9.40. The number of hydrogen-bond acceptors (Lipinski definition) is 0. The molecule has 12 heavy (non-hydrogen) atoms. The third kappa shape index (κ3) is 6.79. The summed E-state index contributed by atoms with van der Waals surface area (Å²) in [5.41, 5.74) is 0. The molecule has 4 heteroatoms. The van der Waals surface area contributed by atoms with Crippen LogP contribution < -0.4 is 0 Å². The molecule has 0 aromatic carbocycles. The van der Waals surface area contributed by atoms with Gasteiger partial charge in [0.15, 0.2) is 0 Å². The van der Waals surface area contributed by atoms with Crippen molar-refractivity contribution >= 4 is 70.9 Å². The van der Waals surface area contributed by atoms with Gasteiger partial charge in [-0.2, -0.15) is 0 Å². The van der Waals surface area contributed by atoms with E-state index in [1.807, 2.05) is 0 Å². The molecule has 0 aromatic rings. The third-order valence-electron chi connectivity index (χ3n) is 3.00. The van der Waals surface area contributed by atoms with Crippen LogP contribution in [0.15, 0.2) is 0 Å². The number of hydrogen-bond donors (Lipinski definition) is 0. The van der Waals surface area contributed by atoms with E-state index in [9.17, 15) is 0 Å². The van der Waals surface area contributed by atoms with E-state index in [4.69, 9.17) is 0 Å². The van der Waals surface area contributed by atoms with Crippen molar-refractivity contribution in [2.45, 2.75) is 39.1 Å². The fourth-order valence-electron chi connectivity index (χ4n) is 2.02. The monoisotopic (exact) mass is 138 g/mol. The van der Waals surface area contributed by atoms with Crippen LogP contribution in [0.25, 0.3) is 0 Å². The molecule has 0 radical (unpaired) electrons. The van der Waals surface area contributed by atoms with Crippen LogP contribution in [0.3, 0.4) is 0 Å². The van der Waals surface area contributed by atoms with Gasteiger partial charge < -0.3 is 0 Å². The summed E-state index contributed by atoms with van der Waals surface area (Å²) in [5.74, 6) is 0.988. The van der Waals surface area contributed by atoms with Crippen LogP contribution in [-0.2, 0) is 0 Å². The van der Waals surface area contributed by atoms with Crippen molar-refractivity contribution in [2.24, 2.45) is 5.92 Å². The molecule has 0 aliphatic heterocycles. The Bertz CT molecular complexity index is 97.1. The molecule has 0 saturated heterocycles. The average Bonchev–Trinajstić information content (AvgIpc) is 2.10. The minimum absolute atomic E-state index is 0.954. The molecule has 0 aliphatic rings. The number of rotatable bonds is 7. The maximum atomic E-state index is 2.43. The fourth-order valence-corrected chi connectivity index (χ4v) is 2.02. The van der Waals surface area contributed by atoms with Crippen LogP contribution in [0.1, 0.15) is 19.3 Å². The molecule has 0 amide bonds. The Morgan fingerprint density at radius 1 is 0.917 bits per heavy atom. The van der Waals surface area contributed by atoms with Crippen LogP contribution >= 0.6 is 0 Å². The van der Waals surface area contributed by atoms with Crippen LogP contribution in [-0.4, -0.2) is 70.9 Å². The van der Waals surface area contributed by atoms with E-state index in [-0.39, 0.29) is 0 Å². The molecular weight excluding hydrogens is 124 g/mol. The van der Waals surface area contributed by atoms with Gasteiger partial charge >= 0.3 is 116 Å². The fraction of sp³-hybridized carbons (Fsp3) is 1.00. The standard InChI is InChI=1S/C8H14.4Li/c1-4-6-7-8(3)5-2;;;;/h7-8H,1-6H2;;;;. The van der Waals surface area contributed by atoms with Gasteiger partial charge in [0.05, 0.1) is 0 Å². The normalized spacial score (nSPS) is 16.3. The molecule has 0 bridgehead atoms. The second-order valence-electron chi connectivity index (χ2n) is 4.08. The van der Waals surface area contributed by atoms with Gasteiger partial charge in [-0.25, -0.2) is 0 Å². The van der Waals surface area contributed by atoms with Crippen LogP contribution in [0, 0.1) is 5.92 Å². The predicted molar refractivity (Wildman–Crippen MR) is 58.5 cm³/mol. The van der Waals surface area contributed by atoms with Crippen LogP contribution in [0.5, 0.6) is 0 Å². The van der Waals surface area contributed by atoms with Gasteiger partial charge in [0, 0.05) is 0 Å². The molecule has 0 heterocycles. The van der Waals surface area contributed by atoms with Crippen molar-refractivity contribution in [3.8, 4) is 0 Å². The van der Waals surface area contributed by atoms with E-state index < -0.39 is 0 Å². The van der Waals surface area contributed by atoms with Crippen molar-refractivity contribution in [1.82, 2.24) is 0 Å². The third-order valence-corrected chi connectivity index (χ3v) is 3.00. The Labute approximate surface area is 115 Å². The van der Waals surface area contributed by atoms with Crippen molar-refractivity contribution < 1.29 is 0 Å². The molecule has 0 nitrogen and oxygen atoms in total. The Hall–Kier alpha value is 2.39. The first-order valence-corrected chi connectivity index (χ1v) is 5.76. The van der Waals surface area contributed by atoms with Gasteiger partial charge in [-0.05, 0) is 0 Å². The molecule has 50 valence electrons. The molecule has 2 atom stereocenters. The van der Waals surface area contributed by atoms with Gasteiger partial charge in [-0.3, -0.25) is 0 Å². The second-order valence-corrected chi connectivity index (χ2v) is 4.08. The van der Waals surface area contributed by atoms with E-state index in [0.29, 0.717) is 0 Å². The van der Waals surface area contributed by atoms with E-state index in [1.54, 1.807) is 0 Å². The second kappa shape index (κ2) is 9.93. The Balaban J connectivity index is 3.60. The van der Waals surface area contributed by atoms with Crippen molar-refractivity contribution in [3.63, 3.8) is 0 Å². The first-order valence-electron chi connectivity index (χ1n) is 5.76. The topological polar surface area (TPSA) is 0 Å². The summed E-state index contributed by atoms with van der Waals surface area (Å²) in [5, 5.41) is 4.08. The average molecular weight is 138 g/mol. The summed E-state index contributed by atoms with van der Waals surface area (Å²) in [4.78, 5) is 0. The maximum absolute atomic E-state index is 2.43. The minimum atomic E-state index is 0.954. The summed E-state index contributed by atoms with van der Waals surface area (Å²) in [7, 11) is 0. The van der Waals surface area contributed by atoms with Crippen molar-refractivity contribution in [1.29, 1.82) is 0 Å². The molecule has 0 spiro atoms. The quantitative estimate of drug-likeness (QED) is 0.467. The van der Waals surface area contributed by atoms with Gasteiger partial charge in [-0.15, -0.1) is 0 Å². The Morgan fingerprint density at radius 2 is 1.58 bits per heavy atom. The summed E-state index contributed by atoms with van der Waals surface area (Å²) >= 11 is 9.35. The van der Waals surface area contributed by atoms with E-state index in [1.165, 1.54) is 34.5 Å². The van der Waals surface area contributed by atoms with E-state index in [2.05, 4.69) is 70.9 Å². The zero-order valence-corrected chi connectivity index (χ0v) is 9.40. The first-order chi connectivity index (χ1) is 5.76. The van der Waals surface area contributed by atoms with E-state index >= 15 is 0 Å². The summed E-state index contributed by atoms with van der Waals surface area (Å²) in [6, 6.07) is 0. The first kappa shape index (κ1) is 14.4. The van der Waals surface area contributed by atoms with Crippen molar-refractivity contribution in [2.75, 3.05) is 0 Å². The summed E-state index contributed by atoms with van der Waals surface area (Å²) in [6.07, 6.45) is 4.29. The molecular formula is C8H14Li4. The van der Waals surface area contributed by atoms with E-state index in [0.717, 1.165) is 10.5 Å². The van der Waals surface area contributed by atoms with Crippen molar-refractivity contribution in [3.05, 3.63) is 0 Å². The van der Waals surface area contributed by atoms with Crippen LogP contribution in [0.2, 0.25) is 19.9 Å².